The molecule has 0 fully saturated rings. The van der Waals surface area contributed by atoms with Gasteiger partial charge < -0.3 is 0 Å². The van der Waals surface area contributed by atoms with Crippen molar-refractivity contribution >= 4 is 50.6 Å². The minimum absolute atomic E-state index is 0.565. The first-order chi connectivity index (χ1) is 33.7. The van der Waals surface area contributed by atoms with Crippen LogP contribution in [0.25, 0.3) is 83.9 Å². The Labute approximate surface area is 397 Å². The maximum Gasteiger partial charge on any atom is 0.238 e. The van der Waals surface area contributed by atoms with Crippen LogP contribution in [-0.4, -0.2) is 27.6 Å². The number of fused-ring (bicyclic) bond motifs is 3. The Morgan fingerprint density at radius 1 is 0.250 bits per heavy atom. The molecule has 10 aromatic carbocycles. The van der Waals surface area contributed by atoms with Gasteiger partial charge in [0.1, 0.15) is 0 Å². The van der Waals surface area contributed by atoms with Crippen molar-refractivity contribution < 1.29 is 0 Å². The van der Waals surface area contributed by atoms with Crippen LogP contribution in [0.5, 0.6) is 0 Å². The molecule has 0 bridgehead atoms. The first-order valence-electron chi connectivity index (χ1n) is 23.1. The van der Waals surface area contributed by atoms with Gasteiger partial charge >= 0.3 is 0 Å². The van der Waals surface area contributed by atoms with Crippen LogP contribution >= 0.6 is 0 Å². The fourth-order valence-corrected chi connectivity index (χ4v) is 14.9. The zero-order valence-corrected chi connectivity index (χ0v) is 38.2. The molecule has 12 aromatic rings. The summed E-state index contributed by atoms with van der Waals surface area (Å²) in [4.78, 5) is 16.1. The van der Waals surface area contributed by atoms with Crippen molar-refractivity contribution in [3.05, 3.63) is 267 Å². The van der Waals surface area contributed by atoms with Gasteiger partial charge in [0.2, 0.25) is 5.95 Å². The Kier molecular flexibility index (Phi) is 10.5. The zero-order valence-electron chi connectivity index (χ0n) is 37.2. The lowest BCUT2D eigenvalue weighted by Crippen LogP contribution is -2.74. The van der Waals surface area contributed by atoms with E-state index in [0.29, 0.717) is 17.6 Å². The monoisotopic (exact) mass is 884 g/mol. The number of nitrogens with zero attached hydrogens (tertiary/aromatic N) is 4. The summed E-state index contributed by atoms with van der Waals surface area (Å²) in [6.07, 6.45) is 0. The van der Waals surface area contributed by atoms with Gasteiger partial charge in [-0.1, -0.05) is 249 Å². The molecule has 320 valence electrons. The van der Waals surface area contributed by atoms with Gasteiger partial charge in [-0.2, -0.15) is 9.97 Å². The fraction of sp³-hybridized carbons (Fsp3) is 0. The summed E-state index contributed by atoms with van der Waals surface area (Å²) in [5.41, 5.74) is 11.0. The number of hydrogen-bond donors (Lipinski definition) is 0. The second-order valence-electron chi connectivity index (χ2n) is 17.2. The summed E-state index contributed by atoms with van der Waals surface area (Å²) in [5, 5.41) is 7.36. The van der Waals surface area contributed by atoms with Crippen LogP contribution in [0.1, 0.15) is 0 Å². The van der Waals surface area contributed by atoms with Gasteiger partial charge in [0, 0.05) is 21.9 Å². The Morgan fingerprint density at radius 3 is 1.18 bits per heavy atom. The van der Waals surface area contributed by atoms with Crippen LogP contribution in [0.3, 0.4) is 0 Å². The van der Waals surface area contributed by atoms with Crippen molar-refractivity contribution in [2.75, 3.05) is 0 Å². The van der Waals surface area contributed by atoms with Gasteiger partial charge in [-0.15, -0.1) is 0 Å². The molecular formula is C63H44N4Si. The molecule has 0 saturated heterocycles. The van der Waals surface area contributed by atoms with Gasteiger partial charge in [-0.25, -0.2) is 4.98 Å². The Bertz CT molecular complexity index is 3640. The van der Waals surface area contributed by atoms with Crippen LogP contribution in [0.15, 0.2) is 267 Å². The highest BCUT2D eigenvalue weighted by Gasteiger charge is 2.42. The van der Waals surface area contributed by atoms with E-state index < -0.39 is 8.07 Å². The van der Waals surface area contributed by atoms with Crippen molar-refractivity contribution in [1.82, 2.24) is 19.5 Å². The molecule has 5 heteroatoms. The topological polar surface area (TPSA) is 43.6 Å². The predicted molar refractivity (Wildman–Crippen MR) is 285 cm³/mol. The highest BCUT2D eigenvalue weighted by Crippen LogP contribution is 2.35. The number of para-hydroxylation sites is 1. The molecule has 0 N–H and O–H groups in total. The largest absolute Gasteiger partial charge is 0.278 e. The van der Waals surface area contributed by atoms with Gasteiger partial charge in [-0.05, 0) is 72.3 Å². The van der Waals surface area contributed by atoms with Crippen LogP contribution in [0.2, 0.25) is 0 Å². The second kappa shape index (κ2) is 17.6. The molecule has 0 saturated carbocycles. The maximum atomic E-state index is 5.46. The van der Waals surface area contributed by atoms with E-state index in [1.165, 1.54) is 48.6 Å². The molecule has 0 amide bonds. The van der Waals surface area contributed by atoms with Crippen LogP contribution in [0, 0.1) is 0 Å². The summed E-state index contributed by atoms with van der Waals surface area (Å²) in [6, 6.07) is 96.1. The first kappa shape index (κ1) is 40.7. The minimum Gasteiger partial charge on any atom is -0.278 e. The molecule has 0 radical (unpaired) electrons. The Morgan fingerprint density at radius 2 is 0.632 bits per heavy atom. The van der Waals surface area contributed by atoms with Crippen LogP contribution in [-0.2, 0) is 0 Å². The van der Waals surface area contributed by atoms with E-state index in [0.717, 1.165) is 38.5 Å². The molecule has 4 nitrogen and oxygen atoms in total. The first-order valence-corrected chi connectivity index (χ1v) is 25.1. The van der Waals surface area contributed by atoms with E-state index in [2.05, 4.69) is 253 Å². The molecule has 0 unspecified atom stereocenters. The van der Waals surface area contributed by atoms with Gasteiger partial charge in [0.15, 0.2) is 19.7 Å². The Balaban J connectivity index is 1.11. The number of benzene rings is 10. The number of hydrogen-bond acceptors (Lipinski definition) is 3. The van der Waals surface area contributed by atoms with E-state index in [1.807, 2.05) is 18.2 Å². The molecule has 0 aliphatic heterocycles. The van der Waals surface area contributed by atoms with E-state index >= 15 is 0 Å². The average Bonchev–Trinajstić information content (AvgIpc) is 3.76. The normalized spacial score (nSPS) is 11.5. The molecule has 2 aromatic heterocycles. The van der Waals surface area contributed by atoms with E-state index in [1.54, 1.807) is 0 Å². The predicted octanol–water partition coefficient (Wildman–Crippen LogP) is 12.7. The summed E-state index contributed by atoms with van der Waals surface area (Å²) in [7, 11) is -3.12. The van der Waals surface area contributed by atoms with Crippen molar-refractivity contribution in [2.24, 2.45) is 0 Å². The lowest BCUT2D eigenvalue weighted by atomic mass is 10.0. The summed E-state index contributed by atoms with van der Waals surface area (Å²) >= 11 is 0. The van der Waals surface area contributed by atoms with Gasteiger partial charge in [0.05, 0.1) is 11.0 Å². The SMILES string of the molecule is c1ccc(-c2cccc([Si](c3ccccc3)(c3cccc(-c4ccccc4)c3)c3cccc(-c4nc(-c5ccccc5)nc(-n5c6ccccc6c6cc(-c7ccccc7)ccc65)n4)c3)c2)cc1. The van der Waals surface area contributed by atoms with Gasteiger partial charge in [0.25, 0.3) is 0 Å². The molecule has 0 aliphatic carbocycles. The highest BCUT2D eigenvalue weighted by atomic mass is 28.3. The average molecular weight is 885 g/mol. The minimum atomic E-state index is -3.12. The van der Waals surface area contributed by atoms with E-state index in [-0.39, 0.29) is 0 Å². The molecular weight excluding hydrogens is 841 g/mol. The number of aromatic nitrogens is 4. The summed E-state index contributed by atoms with van der Waals surface area (Å²) < 4.78 is 2.20. The second-order valence-corrected chi connectivity index (χ2v) is 21.0. The van der Waals surface area contributed by atoms with Crippen molar-refractivity contribution in [3.8, 4) is 62.1 Å². The van der Waals surface area contributed by atoms with E-state index in [9.17, 15) is 0 Å². The zero-order chi connectivity index (χ0) is 45.3. The number of rotatable bonds is 10. The molecule has 68 heavy (non-hydrogen) atoms. The lowest BCUT2D eigenvalue weighted by molar-refractivity contribution is 0.953. The molecule has 0 aliphatic rings. The standard InChI is InChI=1S/C63H44N4Si/c1-6-21-45(22-7-1)49-29-18-34-54(41-49)68(53-32-14-5-15-33-53,55-35-19-30-50(42-55)46-23-8-2-9-24-46)56-36-20-31-52(43-56)62-64-61(48-27-12-4-13-28-48)65-63(66-62)67-59-38-17-16-37-57(59)58-44-51(39-40-60(58)67)47-25-10-3-11-26-47/h1-44H. The highest BCUT2D eigenvalue weighted by molar-refractivity contribution is 7.20. The summed E-state index contributed by atoms with van der Waals surface area (Å²) in [6.45, 7) is 0. The quantitative estimate of drug-likeness (QED) is 0.102. The Hall–Kier alpha value is -8.77. The van der Waals surface area contributed by atoms with Crippen LogP contribution in [0.4, 0.5) is 0 Å². The van der Waals surface area contributed by atoms with Crippen LogP contribution < -0.4 is 20.7 Å². The molecule has 12 rings (SSSR count). The van der Waals surface area contributed by atoms with Crippen molar-refractivity contribution in [2.45, 2.75) is 0 Å². The van der Waals surface area contributed by atoms with Gasteiger partial charge in [-0.3, -0.25) is 4.57 Å². The van der Waals surface area contributed by atoms with Crippen molar-refractivity contribution in [1.29, 1.82) is 0 Å². The van der Waals surface area contributed by atoms with E-state index in [4.69, 9.17) is 15.0 Å². The van der Waals surface area contributed by atoms with Crippen molar-refractivity contribution in [3.63, 3.8) is 0 Å². The fourth-order valence-electron chi connectivity index (χ4n) is 10.0. The third-order valence-corrected chi connectivity index (χ3v) is 17.9. The molecule has 2 heterocycles. The third kappa shape index (κ3) is 7.32. The molecule has 0 atom stereocenters. The third-order valence-electron chi connectivity index (χ3n) is 13.2. The summed E-state index contributed by atoms with van der Waals surface area (Å²) in [5.74, 6) is 1.78. The molecule has 0 spiro atoms. The maximum absolute atomic E-state index is 5.46. The smallest absolute Gasteiger partial charge is 0.238 e. The lowest BCUT2D eigenvalue weighted by Gasteiger charge is -2.35.